The lowest BCUT2D eigenvalue weighted by Crippen LogP contribution is -2.02. The maximum atomic E-state index is 11.6. The Morgan fingerprint density at radius 1 is 1.06 bits per heavy atom. The Morgan fingerprint density at radius 3 is 2.22 bits per heavy atom. The lowest BCUT2D eigenvalue weighted by Gasteiger charge is -2.12. The summed E-state index contributed by atoms with van der Waals surface area (Å²) in [5.41, 5.74) is 2.14. The van der Waals surface area contributed by atoms with Gasteiger partial charge in [0.05, 0.1) is 0 Å². The van der Waals surface area contributed by atoms with E-state index in [1.54, 1.807) is 0 Å². The molecule has 0 radical (unpaired) electrons. The summed E-state index contributed by atoms with van der Waals surface area (Å²) in [5, 5.41) is -0.692. The van der Waals surface area contributed by atoms with Crippen molar-refractivity contribution in [1.29, 1.82) is 0 Å². The Hall–Kier alpha value is -1.25. The largest absolute Gasteiger partial charge is 0.280 e. The molecule has 0 aromatic heterocycles. The van der Waals surface area contributed by atoms with Gasteiger partial charge in [-0.1, -0.05) is 48.0 Å². The van der Waals surface area contributed by atoms with Gasteiger partial charge < -0.3 is 0 Å². The number of benzene rings is 2. The number of carbonyl (C=O) groups excluding carboxylic acids is 1. The fourth-order valence-electron chi connectivity index (χ4n) is 1.63. The van der Waals surface area contributed by atoms with E-state index in [1.165, 1.54) is 17.3 Å². The summed E-state index contributed by atoms with van der Waals surface area (Å²) in [5.74, 6) is 0. The number of aryl methyl sites for hydroxylation is 1. The van der Waals surface area contributed by atoms with Crippen LogP contribution in [0.25, 0.3) is 0 Å². The van der Waals surface area contributed by atoms with Crippen molar-refractivity contribution >= 4 is 28.6 Å². The van der Waals surface area contributed by atoms with Crippen LogP contribution in [0, 0.1) is 6.92 Å². The molecule has 1 atom stereocenters. The first-order chi connectivity index (χ1) is 8.66. The molecule has 0 saturated carbocycles. The molecule has 0 aliphatic heterocycles. The van der Waals surface area contributed by atoms with Crippen LogP contribution in [0.5, 0.6) is 0 Å². The fourth-order valence-corrected chi connectivity index (χ4v) is 2.84. The molecule has 0 N–H and O–H groups in total. The summed E-state index contributed by atoms with van der Waals surface area (Å²) in [4.78, 5) is 12.6. The highest BCUT2D eigenvalue weighted by molar-refractivity contribution is 8.00. The van der Waals surface area contributed by atoms with Crippen molar-refractivity contribution in [3.05, 3.63) is 65.7 Å². The van der Waals surface area contributed by atoms with Crippen LogP contribution < -0.4 is 0 Å². The van der Waals surface area contributed by atoms with Crippen LogP contribution in [0.15, 0.2) is 59.5 Å². The molecule has 0 spiro atoms. The van der Waals surface area contributed by atoms with Gasteiger partial charge in [-0.2, -0.15) is 0 Å². The summed E-state index contributed by atoms with van der Waals surface area (Å²) < 4.78 is 0. The molecule has 1 nitrogen and oxygen atoms in total. The number of rotatable bonds is 4. The molecular weight excluding hydrogens is 264 g/mol. The molecule has 3 heteroatoms. The van der Waals surface area contributed by atoms with Crippen molar-refractivity contribution in [3.63, 3.8) is 0 Å². The Balaban J connectivity index is 2.22. The van der Waals surface area contributed by atoms with Gasteiger partial charge >= 0.3 is 0 Å². The average Bonchev–Trinajstić information content (AvgIpc) is 2.38. The maximum absolute atomic E-state index is 11.6. The Labute approximate surface area is 116 Å². The van der Waals surface area contributed by atoms with Gasteiger partial charge in [0.2, 0.25) is 5.24 Å². The summed E-state index contributed by atoms with van der Waals surface area (Å²) in [6.07, 6.45) is 0. The first-order valence-corrected chi connectivity index (χ1v) is 6.90. The molecule has 1 unspecified atom stereocenters. The average molecular weight is 277 g/mol. The van der Waals surface area contributed by atoms with E-state index in [1.807, 2.05) is 61.5 Å². The maximum Gasteiger partial charge on any atom is 0.239 e. The van der Waals surface area contributed by atoms with E-state index in [4.69, 9.17) is 11.6 Å². The predicted molar refractivity (Wildman–Crippen MR) is 77.1 cm³/mol. The third-order valence-corrected chi connectivity index (χ3v) is 4.20. The van der Waals surface area contributed by atoms with E-state index < -0.39 is 0 Å². The summed E-state index contributed by atoms with van der Waals surface area (Å²) >= 11 is 7.18. The molecule has 0 heterocycles. The van der Waals surface area contributed by atoms with Crippen LogP contribution in [-0.2, 0) is 4.79 Å². The molecule has 0 bridgehead atoms. The van der Waals surface area contributed by atoms with Gasteiger partial charge in [0, 0.05) is 4.90 Å². The summed E-state index contributed by atoms with van der Waals surface area (Å²) in [7, 11) is 0. The summed E-state index contributed by atoms with van der Waals surface area (Å²) in [6, 6.07) is 17.7. The minimum absolute atomic E-state index is 0.341. The second kappa shape index (κ2) is 6.07. The van der Waals surface area contributed by atoms with Crippen LogP contribution in [0.2, 0.25) is 0 Å². The lowest BCUT2D eigenvalue weighted by molar-refractivity contribution is -0.111. The van der Waals surface area contributed by atoms with Crippen molar-refractivity contribution < 1.29 is 4.79 Å². The third-order valence-electron chi connectivity index (χ3n) is 2.58. The van der Waals surface area contributed by atoms with E-state index in [0.29, 0.717) is 0 Å². The number of halogens is 1. The SMILES string of the molecule is Cc1ccc(SC(C(=O)Cl)c2ccccc2)cc1. The van der Waals surface area contributed by atoms with Crippen molar-refractivity contribution in [2.75, 3.05) is 0 Å². The van der Waals surface area contributed by atoms with E-state index >= 15 is 0 Å². The van der Waals surface area contributed by atoms with Crippen LogP contribution in [0.3, 0.4) is 0 Å². The third kappa shape index (κ3) is 3.37. The zero-order valence-corrected chi connectivity index (χ0v) is 11.5. The molecule has 2 rings (SSSR count). The van der Waals surface area contributed by atoms with Gasteiger partial charge in [0.25, 0.3) is 0 Å². The zero-order valence-electron chi connectivity index (χ0n) is 9.97. The second-order valence-corrected chi connectivity index (χ2v) is 5.58. The van der Waals surface area contributed by atoms with Crippen LogP contribution in [0.4, 0.5) is 0 Å². The topological polar surface area (TPSA) is 17.1 Å². The van der Waals surface area contributed by atoms with Crippen LogP contribution in [-0.4, -0.2) is 5.24 Å². The van der Waals surface area contributed by atoms with Gasteiger partial charge in [-0.25, -0.2) is 0 Å². The minimum atomic E-state index is -0.351. The fraction of sp³-hybridized carbons (Fsp3) is 0.133. The highest BCUT2D eigenvalue weighted by atomic mass is 35.5. The van der Waals surface area contributed by atoms with Gasteiger partial charge in [-0.05, 0) is 36.2 Å². The molecule has 92 valence electrons. The minimum Gasteiger partial charge on any atom is -0.280 e. The molecule has 2 aromatic rings. The molecule has 0 aliphatic carbocycles. The van der Waals surface area contributed by atoms with Crippen molar-refractivity contribution in [3.8, 4) is 0 Å². The molecule has 2 aromatic carbocycles. The first-order valence-electron chi connectivity index (χ1n) is 5.64. The predicted octanol–water partition coefficient (Wildman–Crippen LogP) is 4.59. The zero-order chi connectivity index (χ0) is 13.0. The first kappa shape index (κ1) is 13.2. The van der Waals surface area contributed by atoms with Gasteiger partial charge in [0.1, 0.15) is 5.25 Å². The highest BCUT2D eigenvalue weighted by Gasteiger charge is 2.19. The van der Waals surface area contributed by atoms with Gasteiger partial charge in [-0.3, -0.25) is 4.79 Å². The van der Waals surface area contributed by atoms with Crippen LogP contribution in [0.1, 0.15) is 16.4 Å². The second-order valence-electron chi connectivity index (χ2n) is 4.03. The van der Waals surface area contributed by atoms with E-state index in [2.05, 4.69) is 0 Å². The molecule has 0 saturated heterocycles. The molecule has 0 fully saturated rings. The molecular formula is C15H13ClOS. The van der Waals surface area contributed by atoms with Crippen molar-refractivity contribution in [2.45, 2.75) is 17.1 Å². The monoisotopic (exact) mass is 276 g/mol. The molecule has 18 heavy (non-hydrogen) atoms. The standard InChI is InChI=1S/C15H13ClOS/c1-11-7-9-13(10-8-11)18-14(15(16)17)12-5-3-2-4-6-12/h2-10,14H,1H3. The van der Waals surface area contributed by atoms with E-state index in [0.717, 1.165) is 10.5 Å². The highest BCUT2D eigenvalue weighted by Crippen LogP contribution is 2.36. The van der Waals surface area contributed by atoms with Crippen LogP contribution >= 0.6 is 23.4 Å². The van der Waals surface area contributed by atoms with Crippen molar-refractivity contribution in [1.82, 2.24) is 0 Å². The summed E-state index contributed by atoms with van der Waals surface area (Å²) in [6.45, 7) is 2.04. The molecule has 0 aliphatic rings. The van der Waals surface area contributed by atoms with Gasteiger partial charge in [-0.15, -0.1) is 11.8 Å². The Bertz CT molecular complexity index is 522. The quantitative estimate of drug-likeness (QED) is 0.600. The number of thioether (sulfide) groups is 1. The number of hydrogen-bond acceptors (Lipinski definition) is 2. The number of hydrogen-bond donors (Lipinski definition) is 0. The Morgan fingerprint density at radius 2 is 1.67 bits per heavy atom. The number of carbonyl (C=O) groups is 1. The van der Waals surface area contributed by atoms with E-state index in [9.17, 15) is 4.79 Å². The molecule has 0 amide bonds. The Kier molecular flexibility index (Phi) is 4.45. The van der Waals surface area contributed by atoms with Gasteiger partial charge in [0.15, 0.2) is 0 Å². The normalized spacial score (nSPS) is 12.1. The smallest absolute Gasteiger partial charge is 0.239 e. The lowest BCUT2D eigenvalue weighted by atomic mass is 10.2. The van der Waals surface area contributed by atoms with Crippen molar-refractivity contribution in [2.24, 2.45) is 0 Å². The van der Waals surface area contributed by atoms with E-state index in [-0.39, 0.29) is 10.5 Å².